The van der Waals surface area contributed by atoms with Crippen LogP contribution < -0.4 is 5.32 Å². The predicted octanol–water partition coefficient (Wildman–Crippen LogP) is 3.33. The van der Waals surface area contributed by atoms with Crippen LogP contribution in [0.25, 0.3) is 10.9 Å². The molecule has 1 saturated carbocycles. The number of benzene rings is 1. The second-order valence-electron chi connectivity index (χ2n) is 6.21. The third-order valence-electron chi connectivity index (χ3n) is 4.62. The summed E-state index contributed by atoms with van der Waals surface area (Å²) in [5.41, 5.74) is 4.42. The maximum atomic E-state index is 9.08. The smallest absolute Gasteiger partial charge is 0.0991 e. The van der Waals surface area contributed by atoms with Crippen molar-refractivity contribution in [1.82, 2.24) is 15.3 Å². The number of aromatic amines is 1. The molecule has 2 N–H and O–H groups in total. The number of aromatic nitrogens is 2. The third kappa shape index (κ3) is 2.84. The first-order valence-electron chi connectivity index (χ1n) is 7.96. The number of pyridine rings is 1. The minimum Gasteiger partial charge on any atom is -0.361 e. The van der Waals surface area contributed by atoms with Crippen LogP contribution in [-0.4, -0.2) is 16.5 Å². The molecule has 2 heterocycles. The minimum absolute atomic E-state index is 0.596. The normalized spacial score (nSPS) is 19.6. The van der Waals surface area contributed by atoms with Crippen molar-refractivity contribution >= 4 is 10.9 Å². The van der Waals surface area contributed by atoms with Gasteiger partial charge in [-0.2, -0.15) is 5.26 Å². The molecule has 4 heteroatoms. The largest absolute Gasteiger partial charge is 0.361 e. The Morgan fingerprint density at radius 2 is 2.30 bits per heavy atom. The quantitative estimate of drug-likeness (QED) is 0.760. The number of nitrogens with zero attached hydrogens (tertiary/aromatic N) is 2. The lowest BCUT2D eigenvalue weighted by molar-refractivity contribution is 0.627. The highest BCUT2D eigenvalue weighted by Crippen LogP contribution is 2.49. The van der Waals surface area contributed by atoms with Crippen LogP contribution in [-0.2, 0) is 6.54 Å². The van der Waals surface area contributed by atoms with Crippen molar-refractivity contribution < 1.29 is 0 Å². The number of nitriles is 1. The zero-order chi connectivity index (χ0) is 15.6. The maximum absolute atomic E-state index is 9.08. The lowest BCUT2D eigenvalue weighted by Crippen LogP contribution is -2.16. The summed E-state index contributed by atoms with van der Waals surface area (Å²) in [4.78, 5) is 7.46. The molecule has 0 amide bonds. The molecule has 3 aromatic rings. The first kappa shape index (κ1) is 14.0. The minimum atomic E-state index is 0.596. The molecule has 0 saturated heterocycles. The summed E-state index contributed by atoms with van der Waals surface area (Å²) >= 11 is 0. The Kier molecular flexibility index (Phi) is 3.57. The monoisotopic (exact) mass is 302 g/mol. The second kappa shape index (κ2) is 5.86. The van der Waals surface area contributed by atoms with Crippen molar-refractivity contribution in [1.29, 1.82) is 5.26 Å². The van der Waals surface area contributed by atoms with Crippen LogP contribution in [0.3, 0.4) is 0 Å². The van der Waals surface area contributed by atoms with Gasteiger partial charge >= 0.3 is 0 Å². The molecule has 1 aromatic carbocycles. The lowest BCUT2D eigenvalue weighted by atomic mass is 10.1. The standard InChI is InChI=1S/C19H18N4/c20-8-13-3-4-19-17(6-13)18(12-23-19)16-7-15(16)11-22-10-14-2-1-5-21-9-14/h1-6,9,12,15-16,22-23H,7,10-11H2/t15-,16+/m0/s1. The van der Waals surface area contributed by atoms with Gasteiger partial charge in [-0.05, 0) is 60.2 Å². The van der Waals surface area contributed by atoms with E-state index in [1.807, 2.05) is 30.5 Å². The Morgan fingerprint density at radius 1 is 1.35 bits per heavy atom. The van der Waals surface area contributed by atoms with E-state index in [0.29, 0.717) is 11.8 Å². The number of rotatable bonds is 5. The van der Waals surface area contributed by atoms with Gasteiger partial charge in [0, 0.05) is 36.0 Å². The van der Waals surface area contributed by atoms with Crippen molar-refractivity contribution in [2.24, 2.45) is 5.92 Å². The average molecular weight is 302 g/mol. The molecule has 4 nitrogen and oxygen atoms in total. The van der Waals surface area contributed by atoms with Crippen LogP contribution in [0.2, 0.25) is 0 Å². The van der Waals surface area contributed by atoms with E-state index in [4.69, 9.17) is 5.26 Å². The van der Waals surface area contributed by atoms with E-state index in [0.717, 1.165) is 24.2 Å². The highest BCUT2D eigenvalue weighted by molar-refractivity contribution is 5.85. The summed E-state index contributed by atoms with van der Waals surface area (Å²) < 4.78 is 0. The summed E-state index contributed by atoms with van der Waals surface area (Å²) in [6.45, 7) is 1.88. The lowest BCUT2D eigenvalue weighted by Gasteiger charge is -2.04. The Labute approximate surface area is 135 Å². The Bertz CT molecular complexity index is 860. The van der Waals surface area contributed by atoms with E-state index in [-0.39, 0.29) is 0 Å². The number of nitrogens with one attached hydrogen (secondary N) is 2. The number of hydrogen-bond donors (Lipinski definition) is 2. The van der Waals surface area contributed by atoms with Gasteiger partial charge in [0.2, 0.25) is 0 Å². The molecule has 1 aliphatic carbocycles. The highest BCUT2D eigenvalue weighted by atomic mass is 14.9. The van der Waals surface area contributed by atoms with Crippen molar-refractivity contribution in [2.75, 3.05) is 6.54 Å². The molecule has 2 aromatic heterocycles. The molecule has 4 rings (SSSR count). The number of hydrogen-bond acceptors (Lipinski definition) is 3. The second-order valence-corrected chi connectivity index (χ2v) is 6.21. The number of fused-ring (bicyclic) bond motifs is 1. The van der Waals surface area contributed by atoms with Crippen molar-refractivity contribution in [2.45, 2.75) is 18.9 Å². The van der Waals surface area contributed by atoms with Gasteiger partial charge in [0.1, 0.15) is 0 Å². The van der Waals surface area contributed by atoms with Crippen molar-refractivity contribution in [3.63, 3.8) is 0 Å². The zero-order valence-electron chi connectivity index (χ0n) is 12.8. The highest BCUT2D eigenvalue weighted by Gasteiger charge is 2.39. The van der Waals surface area contributed by atoms with Gasteiger partial charge in [-0.25, -0.2) is 0 Å². The zero-order valence-corrected chi connectivity index (χ0v) is 12.8. The molecule has 0 aliphatic heterocycles. The SMILES string of the molecule is N#Cc1ccc2[nH]cc([C@@H]3C[C@H]3CNCc3cccnc3)c2c1. The molecule has 0 unspecified atom stereocenters. The molecule has 0 radical (unpaired) electrons. The Morgan fingerprint density at radius 3 is 3.13 bits per heavy atom. The molecular formula is C19H18N4. The van der Waals surface area contributed by atoms with E-state index in [1.54, 1.807) is 6.20 Å². The summed E-state index contributed by atoms with van der Waals surface area (Å²) in [6, 6.07) is 12.1. The van der Waals surface area contributed by atoms with Gasteiger partial charge in [-0.3, -0.25) is 4.98 Å². The van der Waals surface area contributed by atoms with Crippen LogP contribution in [0, 0.1) is 17.2 Å². The van der Waals surface area contributed by atoms with Crippen LogP contribution in [0.1, 0.15) is 29.0 Å². The summed E-state index contributed by atoms with van der Waals surface area (Å²) in [7, 11) is 0. The van der Waals surface area contributed by atoms with Gasteiger partial charge in [-0.1, -0.05) is 6.07 Å². The molecule has 1 aliphatic rings. The van der Waals surface area contributed by atoms with Crippen LogP contribution >= 0.6 is 0 Å². The van der Waals surface area contributed by atoms with Gasteiger partial charge in [0.25, 0.3) is 0 Å². The maximum Gasteiger partial charge on any atom is 0.0991 e. The molecule has 1 fully saturated rings. The Balaban J connectivity index is 1.40. The van der Waals surface area contributed by atoms with E-state index < -0.39 is 0 Å². The van der Waals surface area contributed by atoms with Crippen molar-refractivity contribution in [3.8, 4) is 6.07 Å². The van der Waals surface area contributed by atoms with Crippen LogP contribution in [0.4, 0.5) is 0 Å². The number of H-pyrrole nitrogens is 1. The molecule has 0 spiro atoms. The van der Waals surface area contributed by atoms with Crippen molar-refractivity contribution in [3.05, 3.63) is 65.6 Å². The van der Waals surface area contributed by atoms with Crippen LogP contribution in [0.15, 0.2) is 48.9 Å². The Hall–Kier alpha value is -2.64. The molecule has 0 bridgehead atoms. The van der Waals surface area contributed by atoms with E-state index >= 15 is 0 Å². The fourth-order valence-electron chi connectivity index (χ4n) is 3.28. The molecule has 23 heavy (non-hydrogen) atoms. The summed E-state index contributed by atoms with van der Waals surface area (Å²) in [5.74, 6) is 1.27. The fraction of sp³-hybridized carbons (Fsp3) is 0.263. The summed E-state index contributed by atoms with van der Waals surface area (Å²) in [5, 5.41) is 13.8. The first-order valence-corrected chi connectivity index (χ1v) is 7.96. The van der Waals surface area contributed by atoms with E-state index in [1.165, 1.54) is 22.9 Å². The third-order valence-corrected chi connectivity index (χ3v) is 4.62. The van der Waals surface area contributed by atoms with Gasteiger partial charge in [0.05, 0.1) is 11.6 Å². The molecular weight excluding hydrogens is 284 g/mol. The van der Waals surface area contributed by atoms with Gasteiger partial charge in [-0.15, -0.1) is 0 Å². The van der Waals surface area contributed by atoms with Gasteiger partial charge < -0.3 is 10.3 Å². The van der Waals surface area contributed by atoms with Crippen LogP contribution in [0.5, 0.6) is 0 Å². The van der Waals surface area contributed by atoms with Gasteiger partial charge in [0.15, 0.2) is 0 Å². The van der Waals surface area contributed by atoms with E-state index in [9.17, 15) is 0 Å². The topological polar surface area (TPSA) is 64.5 Å². The van der Waals surface area contributed by atoms with E-state index in [2.05, 4.69) is 33.6 Å². The molecule has 2 atom stereocenters. The summed E-state index contributed by atoms with van der Waals surface area (Å²) in [6.07, 6.45) is 7.02. The molecule has 114 valence electrons. The fourth-order valence-corrected chi connectivity index (χ4v) is 3.28. The average Bonchev–Trinajstić information content (AvgIpc) is 3.24. The first-order chi connectivity index (χ1) is 11.3. The predicted molar refractivity (Wildman–Crippen MR) is 89.8 cm³/mol.